The van der Waals surface area contributed by atoms with Crippen molar-refractivity contribution in [2.24, 2.45) is 5.73 Å². The standard InChI is InChI=1S/C8H9NS/c9-8(6-10)7-4-2-1-3-5-7/h1-6,8H,9H2. The summed E-state index contributed by atoms with van der Waals surface area (Å²) in [6.45, 7) is 0. The molecule has 2 N–H and O–H groups in total. The van der Waals surface area contributed by atoms with Crippen LogP contribution in [0.5, 0.6) is 0 Å². The van der Waals surface area contributed by atoms with Gasteiger partial charge in [-0.15, -0.1) is 0 Å². The van der Waals surface area contributed by atoms with Gasteiger partial charge in [-0.1, -0.05) is 42.5 Å². The molecule has 0 aliphatic heterocycles. The number of hydrogen-bond donors (Lipinski definition) is 1. The third-order valence-electron chi connectivity index (χ3n) is 1.33. The lowest BCUT2D eigenvalue weighted by atomic mass is 10.1. The first kappa shape index (κ1) is 7.38. The summed E-state index contributed by atoms with van der Waals surface area (Å²) in [5.74, 6) is 0. The van der Waals surface area contributed by atoms with Gasteiger partial charge in [-0.3, -0.25) is 0 Å². The fraction of sp³-hybridized carbons (Fsp3) is 0.125. The molecule has 0 bridgehead atoms. The molecule has 0 aliphatic carbocycles. The predicted molar refractivity (Wildman–Crippen MR) is 47.0 cm³/mol. The molecule has 1 nitrogen and oxygen atoms in total. The van der Waals surface area contributed by atoms with Gasteiger partial charge in [0.25, 0.3) is 0 Å². The van der Waals surface area contributed by atoms with E-state index in [1.165, 1.54) is 0 Å². The van der Waals surface area contributed by atoms with Gasteiger partial charge in [-0.25, -0.2) is 0 Å². The van der Waals surface area contributed by atoms with E-state index in [0.717, 1.165) is 5.56 Å². The van der Waals surface area contributed by atoms with Crippen LogP contribution in [-0.2, 0) is 0 Å². The first-order valence-corrected chi connectivity index (χ1v) is 3.57. The Balaban J connectivity index is 2.84. The number of rotatable bonds is 2. The van der Waals surface area contributed by atoms with Crippen molar-refractivity contribution in [3.63, 3.8) is 0 Å². The predicted octanol–water partition coefficient (Wildman–Crippen LogP) is 1.69. The Bertz CT molecular complexity index is 208. The lowest BCUT2D eigenvalue weighted by molar-refractivity contribution is 0.996. The summed E-state index contributed by atoms with van der Waals surface area (Å²) in [4.78, 5) is 0. The quantitative estimate of drug-likeness (QED) is 0.651. The van der Waals surface area contributed by atoms with Crippen LogP contribution in [0, 0.1) is 0 Å². The normalized spacial score (nSPS) is 12.5. The average Bonchev–Trinajstić information content (AvgIpc) is 2.05. The van der Waals surface area contributed by atoms with Crippen LogP contribution in [-0.4, -0.2) is 5.37 Å². The molecule has 0 saturated carbocycles. The summed E-state index contributed by atoms with van der Waals surface area (Å²) in [5.41, 5.74) is 6.70. The van der Waals surface area contributed by atoms with Gasteiger partial charge in [0.05, 0.1) is 6.04 Å². The molecule has 1 rings (SSSR count). The Hall–Kier alpha value is -0.730. The van der Waals surface area contributed by atoms with E-state index in [4.69, 9.17) is 18.0 Å². The largest absolute Gasteiger partial charge is 0.320 e. The fourth-order valence-corrected chi connectivity index (χ4v) is 0.911. The van der Waals surface area contributed by atoms with E-state index in [9.17, 15) is 0 Å². The Morgan fingerprint density at radius 1 is 1.30 bits per heavy atom. The van der Waals surface area contributed by atoms with Crippen molar-refractivity contribution in [1.29, 1.82) is 0 Å². The van der Waals surface area contributed by atoms with Crippen LogP contribution in [0.15, 0.2) is 30.3 Å². The number of nitrogens with two attached hydrogens (primary N) is 1. The Kier molecular flexibility index (Phi) is 2.54. The molecule has 52 valence electrons. The smallest absolute Gasteiger partial charge is 0.0585 e. The van der Waals surface area contributed by atoms with Crippen LogP contribution < -0.4 is 5.73 Å². The van der Waals surface area contributed by atoms with E-state index < -0.39 is 0 Å². The van der Waals surface area contributed by atoms with Crippen LogP contribution in [0.25, 0.3) is 0 Å². The maximum Gasteiger partial charge on any atom is 0.0585 e. The van der Waals surface area contributed by atoms with Gasteiger partial charge in [0, 0.05) is 5.37 Å². The minimum atomic E-state index is -0.101. The maximum atomic E-state index is 5.63. The van der Waals surface area contributed by atoms with Gasteiger partial charge < -0.3 is 5.73 Å². The number of thiocarbonyl (C=S) groups is 1. The van der Waals surface area contributed by atoms with Crippen LogP contribution in [0.2, 0.25) is 0 Å². The summed E-state index contributed by atoms with van der Waals surface area (Å²) < 4.78 is 0. The summed E-state index contributed by atoms with van der Waals surface area (Å²) >= 11 is 4.71. The zero-order valence-electron chi connectivity index (χ0n) is 5.53. The Morgan fingerprint density at radius 2 is 1.90 bits per heavy atom. The van der Waals surface area contributed by atoms with Gasteiger partial charge >= 0.3 is 0 Å². The van der Waals surface area contributed by atoms with Crippen molar-refractivity contribution >= 4 is 17.6 Å². The average molecular weight is 151 g/mol. The lowest BCUT2D eigenvalue weighted by Crippen LogP contribution is -2.09. The molecule has 0 amide bonds. The van der Waals surface area contributed by atoms with Crippen LogP contribution in [0.4, 0.5) is 0 Å². The molecule has 1 aromatic carbocycles. The summed E-state index contributed by atoms with van der Waals surface area (Å²) in [6, 6.07) is 9.69. The van der Waals surface area contributed by atoms with Gasteiger partial charge in [-0.2, -0.15) is 0 Å². The zero-order valence-corrected chi connectivity index (χ0v) is 6.34. The van der Waals surface area contributed by atoms with Crippen molar-refractivity contribution in [2.45, 2.75) is 6.04 Å². The highest BCUT2D eigenvalue weighted by molar-refractivity contribution is 7.79. The molecule has 10 heavy (non-hydrogen) atoms. The van der Waals surface area contributed by atoms with E-state index in [1.807, 2.05) is 30.3 Å². The van der Waals surface area contributed by atoms with Crippen LogP contribution >= 0.6 is 12.2 Å². The highest BCUT2D eigenvalue weighted by Crippen LogP contribution is 2.05. The topological polar surface area (TPSA) is 26.0 Å². The minimum absolute atomic E-state index is 0.101. The minimum Gasteiger partial charge on any atom is -0.320 e. The second kappa shape index (κ2) is 3.44. The number of benzene rings is 1. The second-order valence-corrected chi connectivity index (χ2v) is 2.34. The van der Waals surface area contributed by atoms with E-state index in [0.29, 0.717) is 0 Å². The maximum absolute atomic E-state index is 5.63. The molecule has 1 unspecified atom stereocenters. The SMILES string of the molecule is NC(C=S)c1ccccc1. The first-order valence-electron chi connectivity index (χ1n) is 3.10. The highest BCUT2D eigenvalue weighted by atomic mass is 32.1. The zero-order chi connectivity index (χ0) is 7.40. The van der Waals surface area contributed by atoms with E-state index in [-0.39, 0.29) is 6.04 Å². The molecule has 0 aromatic heterocycles. The molecule has 0 spiro atoms. The molecule has 0 radical (unpaired) electrons. The van der Waals surface area contributed by atoms with Crippen molar-refractivity contribution in [1.82, 2.24) is 0 Å². The third kappa shape index (κ3) is 1.62. The van der Waals surface area contributed by atoms with Crippen molar-refractivity contribution in [3.05, 3.63) is 35.9 Å². The molecular weight excluding hydrogens is 142 g/mol. The van der Waals surface area contributed by atoms with E-state index in [1.54, 1.807) is 5.37 Å². The lowest BCUT2D eigenvalue weighted by Gasteiger charge is -2.02. The molecule has 1 aromatic rings. The van der Waals surface area contributed by atoms with Crippen molar-refractivity contribution in [3.8, 4) is 0 Å². The molecule has 2 heteroatoms. The van der Waals surface area contributed by atoms with Crippen molar-refractivity contribution in [2.75, 3.05) is 0 Å². The molecule has 0 aliphatic rings. The molecule has 1 atom stereocenters. The van der Waals surface area contributed by atoms with Gasteiger partial charge in [0.1, 0.15) is 0 Å². The molecule has 0 heterocycles. The van der Waals surface area contributed by atoms with Gasteiger partial charge in [0.2, 0.25) is 0 Å². The van der Waals surface area contributed by atoms with Gasteiger partial charge in [0.15, 0.2) is 0 Å². The summed E-state index contributed by atoms with van der Waals surface area (Å²) in [7, 11) is 0. The highest BCUT2D eigenvalue weighted by Gasteiger charge is 1.97. The fourth-order valence-electron chi connectivity index (χ4n) is 0.754. The number of hydrogen-bond acceptors (Lipinski definition) is 2. The van der Waals surface area contributed by atoms with E-state index in [2.05, 4.69) is 0 Å². The van der Waals surface area contributed by atoms with Gasteiger partial charge in [-0.05, 0) is 5.56 Å². The second-order valence-electron chi connectivity index (χ2n) is 2.07. The third-order valence-corrected chi connectivity index (χ3v) is 1.62. The monoisotopic (exact) mass is 151 g/mol. The summed E-state index contributed by atoms with van der Waals surface area (Å²) in [6.07, 6.45) is 0. The molecule has 0 saturated heterocycles. The summed E-state index contributed by atoms with van der Waals surface area (Å²) in [5, 5.41) is 1.56. The first-order chi connectivity index (χ1) is 4.84. The van der Waals surface area contributed by atoms with Crippen molar-refractivity contribution < 1.29 is 0 Å². The Morgan fingerprint density at radius 3 is 2.40 bits per heavy atom. The molecular formula is C8H9NS. The van der Waals surface area contributed by atoms with Crippen LogP contribution in [0.3, 0.4) is 0 Å². The Labute approximate surface area is 65.9 Å². The van der Waals surface area contributed by atoms with Crippen LogP contribution in [0.1, 0.15) is 11.6 Å². The molecule has 0 fully saturated rings. The van der Waals surface area contributed by atoms with E-state index >= 15 is 0 Å².